The van der Waals surface area contributed by atoms with E-state index in [9.17, 15) is 4.79 Å². The molecule has 1 amide bonds. The fourth-order valence-electron chi connectivity index (χ4n) is 3.28. The maximum absolute atomic E-state index is 12.6. The molecule has 2 aromatic rings. The van der Waals surface area contributed by atoms with E-state index < -0.39 is 0 Å². The predicted molar refractivity (Wildman–Crippen MR) is 101 cm³/mol. The quantitative estimate of drug-likeness (QED) is 0.652. The number of piperidine rings is 1. The maximum atomic E-state index is 12.6. The number of nitrogen functional groups attached to an aromatic ring is 1. The molecule has 3 rings (SSSR count). The number of amides is 1. The molecule has 1 aliphatic heterocycles. The van der Waals surface area contributed by atoms with Gasteiger partial charge in [-0.25, -0.2) is 4.68 Å². The normalized spacial score (nSPS) is 20.7. The van der Waals surface area contributed by atoms with Gasteiger partial charge < -0.3 is 10.7 Å². The van der Waals surface area contributed by atoms with Gasteiger partial charge >= 0.3 is 0 Å². The Morgan fingerprint density at radius 1 is 1.24 bits per heavy atom. The molecule has 2 N–H and O–H groups in total. The van der Waals surface area contributed by atoms with Crippen molar-refractivity contribution in [3.63, 3.8) is 0 Å². The van der Waals surface area contributed by atoms with Crippen LogP contribution in [0, 0.1) is 0 Å². The van der Waals surface area contributed by atoms with E-state index in [0.717, 1.165) is 18.4 Å². The van der Waals surface area contributed by atoms with Gasteiger partial charge in [-0.05, 0) is 57.4 Å². The Kier molecular flexibility index (Phi) is 5.54. The molecule has 25 heavy (non-hydrogen) atoms. The Bertz CT molecular complexity index is 738. The SMILES string of the molecule is CC1CCCC(C)N1C(=O)CSc1nnc(-c2ccc(Cl)cc2)n1N. The average Bonchev–Trinajstić information content (AvgIpc) is 2.94. The zero-order valence-corrected chi connectivity index (χ0v) is 15.9. The van der Waals surface area contributed by atoms with Crippen molar-refractivity contribution < 1.29 is 4.79 Å². The summed E-state index contributed by atoms with van der Waals surface area (Å²) in [5, 5.41) is 9.43. The highest BCUT2D eigenvalue weighted by Crippen LogP contribution is 2.26. The van der Waals surface area contributed by atoms with Crippen LogP contribution in [0.4, 0.5) is 0 Å². The molecule has 0 spiro atoms. The number of hydrogen-bond donors (Lipinski definition) is 1. The number of halogens is 1. The van der Waals surface area contributed by atoms with Crippen molar-refractivity contribution in [2.24, 2.45) is 0 Å². The van der Waals surface area contributed by atoms with Crippen LogP contribution in [0.3, 0.4) is 0 Å². The Morgan fingerprint density at radius 2 is 1.88 bits per heavy atom. The second-order valence-corrected chi connectivity index (χ2v) is 7.78. The van der Waals surface area contributed by atoms with E-state index in [-0.39, 0.29) is 18.0 Å². The number of carbonyl (C=O) groups is 1. The van der Waals surface area contributed by atoms with Crippen molar-refractivity contribution in [1.29, 1.82) is 0 Å². The van der Waals surface area contributed by atoms with Crippen molar-refractivity contribution >= 4 is 29.3 Å². The van der Waals surface area contributed by atoms with E-state index in [1.54, 1.807) is 12.1 Å². The van der Waals surface area contributed by atoms with Gasteiger partial charge in [0.25, 0.3) is 0 Å². The van der Waals surface area contributed by atoms with Crippen LogP contribution in [0.15, 0.2) is 29.4 Å². The van der Waals surface area contributed by atoms with Crippen LogP contribution >= 0.6 is 23.4 Å². The fourth-order valence-corrected chi connectivity index (χ4v) is 4.14. The second-order valence-electron chi connectivity index (χ2n) is 6.40. The molecule has 2 atom stereocenters. The lowest BCUT2D eigenvalue weighted by Gasteiger charge is -2.39. The molecule has 134 valence electrons. The van der Waals surface area contributed by atoms with E-state index in [2.05, 4.69) is 24.0 Å². The summed E-state index contributed by atoms with van der Waals surface area (Å²) >= 11 is 7.22. The number of thioether (sulfide) groups is 1. The highest BCUT2D eigenvalue weighted by molar-refractivity contribution is 7.99. The zero-order chi connectivity index (χ0) is 18.0. The van der Waals surface area contributed by atoms with Crippen LogP contribution in [0.1, 0.15) is 33.1 Å². The third-order valence-electron chi connectivity index (χ3n) is 4.57. The number of rotatable bonds is 4. The Hall–Kier alpha value is -1.73. The van der Waals surface area contributed by atoms with Gasteiger partial charge in [0.15, 0.2) is 5.82 Å². The van der Waals surface area contributed by atoms with E-state index in [4.69, 9.17) is 17.4 Å². The molecule has 1 saturated heterocycles. The first-order chi connectivity index (χ1) is 12.0. The number of nitrogens with zero attached hydrogens (tertiary/aromatic N) is 4. The van der Waals surface area contributed by atoms with Crippen molar-refractivity contribution in [1.82, 2.24) is 19.8 Å². The molecule has 8 heteroatoms. The van der Waals surface area contributed by atoms with E-state index in [0.29, 0.717) is 21.8 Å². The highest BCUT2D eigenvalue weighted by atomic mass is 35.5. The predicted octanol–water partition coefficient (Wildman–Crippen LogP) is 3.19. The molecule has 0 bridgehead atoms. The third kappa shape index (κ3) is 3.93. The van der Waals surface area contributed by atoms with Gasteiger partial charge in [0.1, 0.15) is 0 Å². The van der Waals surface area contributed by atoms with Gasteiger partial charge in [0.05, 0.1) is 5.75 Å². The number of likely N-dealkylation sites (tertiary alicyclic amines) is 1. The number of hydrogen-bond acceptors (Lipinski definition) is 5. The molecule has 0 saturated carbocycles. The van der Waals surface area contributed by atoms with E-state index in [1.165, 1.54) is 22.9 Å². The summed E-state index contributed by atoms with van der Waals surface area (Å²) in [5.41, 5.74) is 0.829. The van der Waals surface area contributed by atoms with E-state index in [1.807, 2.05) is 17.0 Å². The monoisotopic (exact) mass is 379 g/mol. The second kappa shape index (κ2) is 7.66. The minimum Gasteiger partial charge on any atom is -0.337 e. The largest absolute Gasteiger partial charge is 0.337 e. The number of aromatic nitrogens is 3. The summed E-state index contributed by atoms with van der Waals surface area (Å²) in [6.07, 6.45) is 3.31. The van der Waals surface area contributed by atoms with Gasteiger partial charge in [0.2, 0.25) is 11.1 Å². The summed E-state index contributed by atoms with van der Waals surface area (Å²) in [7, 11) is 0. The summed E-state index contributed by atoms with van der Waals surface area (Å²) < 4.78 is 1.42. The number of carbonyl (C=O) groups excluding carboxylic acids is 1. The third-order valence-corrected chi connectivity index (χ3v) is 5.75. The van der Waals surface area contributed by atoms with Crippen LogP contribution in [0.25, 0.3) is 11.4 Å². The van der Waals surface area contributed by atoms with E-state index >= 15 is 0 Å². The van der Waals surface area contributed by atoms with Crippen LogP contribution in [0.5, 0.6) is 0 Å². The molecule has 0 aliphatic carbocycles. The summed E-state index contributed by atoms with van der Waals surface area (Å²) in [5.74, 6) is 7.09. The molecule has 1 aromatic heterocycles. The molecule has 2 unspecified atom stereocenters. The minimum atomic E-state index is 0.126. The number of benzene rings is 1. The summed E-state index contributed by atoms with van der Waals surface area (Å²) in [6.45, 7) is 4.23. The molecular formula is C17H22ClN5OS. The molecule has 1 aromatic carbocycles. The van der Waals surface area contributed by atoms with Crippen LogP contribution < -0.4 is 5.84 Å². The summed E-state index contributed by atoms with van der Waals surface area (Å²) in [6, 6.07) is 7.82. The lowest BCUT2D eigenvalue weighted by atomic mass is 9.98. The zero-order valence-electron chi connectivity index (χ0n) is 14.4. The molecule has 1 fully saturated rings. The number of nitrogens with two attached hydrogens (primary N) is 1. The van der Waals surface area contributed by atoms with Gasteiger partial charge in [-0.3, -0.25) is 4.79 Å². The minimum absolute atomic E-state index is 0.126. The first kappa shape index (κ1) is 18.1. The van der Waals surface area contributed by atoms with Crippen LogP contribution in [-0.2, 0) is 4.79 Å². The summed E-state index contributed by atoms with van der Waals surface area (Å²) in [4.78, 5) is 14.6. The van der Waals surface area contributed by atoms with Crippen LogP contribution in [0.2, 0.25) is 5.02 Å². The average molecular weight is 380 g/mol. The van der Waals surface area contributed by atoms with Crippen LogP contribution in [-0.4, -0.2) is 43.5 Å². The Balaban J connectivity index is 1.68. The Morgan fingerprint density at radius 3 is 2.52 bits per heavy atom. The standard InChI is InChI=1S/C17H22ClN5OS/c1-11-4-3-5-12(2)22(11)15(24)10-25-17-21-20-16(23(17)19)13-6-8-14(18)9-7-13/h6-9,11-12H,3-5,10,19H2,1-2H3. The lowest BCUT2D eigenvalue weighted by molar-refractivity contribution is -0.134. The van der Waals surface area contributed by atoms with Gasteiger partial charge in [-0.1, -0.05) is 23.4 Å². The smallest absolute Gasteiger partial charge is 0.233 e. The first-order valence-electron chi connectivity index (χ1n) is 8.37. The highest BCUT2D eigenvalue weighted by Gasteiger charge is 2.29. The van der Waals surface area contributed by atoms with Gasteiger partial charge in [-0.15, -0.1) is 10.2 Å². The maximum Gasteiger partial charge on any atom is 0.233 e. The molecule has 6 nitrogen and oxygen atoms in total. The Labute approximate surface area is 156 Å². The van der Waals surface area contributed by atoms with Crippen molar-refractivity contribution in [3.8, 4) is 11.4 Å². The molecular weight excluding hydrogens is 358 g/mol. The fraction of sp³-hybridized carbons (Fsp3) is 0.471. The van der Waals surface area contributed by atoms with Crippen molar-refractivity contribution in [2.75, 3.05) is 11.6 Å². The van der Waals surface area contributed by atoms with Gasteiger partial charge in [-0.2, -0.15) is 0 Å². The van der Waals surface area contributed by atoms with Gasteiger partial charge in [0, 0.05) is 22.7 Å². The molecule has 1 aliphatic rings. The molecule has 0 radical (unpaired) electrons. The first-order valence-corrected chi connectivity index (χ1v) is 9.74. The lowest BCUT2D eigenvalue weighted by Crippen LogP contribution is -2.48. The molecule has 2 heterocycles. The van der Waals surface area contributed by atoms with Crippen molar-refractivity contribution in [3.05, 3.63) is 29.3 Å². The topological polar surface area (TPSA) is 77.0 Å². The van der Waals surface area contributed by atoms with Crippen molar-refractivity contribution in [2.45, 2.75) is 50.4 Å².